The summed E-state index contributed by atoms with van der Waals surface area (Å²) in [6.45, 7) is 0.987. The fraction of sp³-hybridized carbons (Fsp3) is 0.300. The molecule has 0 aliphatic carbocycles. The predicted octanol–water partition coefficient (Wildman–Crippen LogP) is 0.374. The van der Waals surface area contributed by atoms with E-state index in [1.165, 1.54) is 18.2 Å². The molecule has 0 aliphatic rings. The van der Waals surface area contributed by atoms with Gasteiger partial charge in [-0.05, 0) is 30.7 Å². The van der Waals surface area contributed by atoms with Crippen LogP contribution in [0.3, 0.4) is 0 Å². The molecule has 0 unspecified atom stereocenters. The van der Waals surface area contributed by atoms with Crippen LogP contribution in [0.15, 0.2) is 18.2 Å². The molecule has 18 heavy (non-hydrogen) atoms. The number of phenolic OH excluding ortho intramolecular Hbond substituents is 1. The molecule has 3 N–H and O–H groups in total. The molecule has 0 saturated heterocycles. The summed E-state index contributed by atoms with van der Waals surface area (Å²) in [7, 11) is -2.76. The van der Waals surface area contributed by atoms with E-state index in [9.17, 15) is 18.3 Å². The van der Waals surface area contributed by atoms with E-state index in [4.69, 9.17) is 5.11 Å². The van der Waals surface area contributed by atoms with E-state index < -0.39 is 22.7 Å². The second kappa shape index (κ2) is 5.23. The van der Waals surface area contributed by atoms with Crippen LogP contribution in [0, 0.1) is 6.92 Å². The number of hydrogen-bond acceptors (Lipinski definition) is 4. The van der Waals surface area contributed by atoms with Gasteiger partial charge in [0.1, 0.15) is 12.3 Å². The highest BCUT2D eigenvalue weighted by Gasteiger charge is 2.20. The Bertz CT molecular complexity index is 555. The third-order valence-electron chi connectivity index (χ3n) is 2.22. The monoisotopic (exact) mass is 274 g/mol. The maximum absolute atomic E-state index is 11.8. The van der Waals surface area contributed by atoms with Crippen molar-refractivity contribution in [2.45, 2.75) is 6.92 Å². The normalized spacial score (nSPS) is 11.5. The quantitative estimate of drug-likeness (QED) is 0.673. The molecule has 100 valence electrons. The van der Waals surface area contributed by atoms with Crippen molar-refractivity contribution in [2.24, 2.45) is 0 Å². The molecule has 0 aliphatic heterocycles. The van der Waals surface area contributed by atoms with Gasteiger partial charge in [0.05, 0.1) is 5.69 Å². The van der Waals surface area contributed by atoms with E-state index in [0.717, 1.165) is 7.05 Å². The fourth-order valence-electron chi connectivity index (χ4n) is 1.25. The highest BCUT2D eigenvalue weighted by molar-refractivity contribution is 7.90. The Morgan fingerprint density at radius 1 is 1.44 bits per heavy atom. The van der Waals surface area contributed by atoms with Crippen molar-refractivity contribution in [3.8, 4) is 5.75 Å². The number of aliphatic carboxylic acids is 1. The zero-order valence-electron chi connectivity index (χ0n) is 9.91. The summed E-state index contributed by atoms with van der Waals surface area (Å²) in [5.41, 5.74) is 0.812. The lowest BCUT2D eigenvalue weighted by molar-refractivity contribution is -0.137. The molecule has 0 aromatic heterocycles. The number of hydrogen-bond donors (Lipinski definition) is 3. The van der Waals surface area contributed by atoms with Gasteiger partial charge in [0.2, 0.25) is 0 Å². The number of carboxylic acid groups (broad SMARTS) is 1. The van der Waals surface area contributed by atoms with Crippen molar-refractivity contribution in [3.05, 3.63) is 23.8 Å². The zero-order valence-corrected chi connectivity index (χ0v) is 10.7. The van der Waals surface area contributed by atoms with E-state index in [-0.39, 0.29) is 11.4 Å². The number of carbonyl (C=O) groups is 1. The first-order valence-electron chi connectivity index (χ1n) is 4.98. The molecule has 8 heteroatoms. The van der Waals surface area contributed by atoms with Crippen LogP contribution >= 0.6 is 0 Å². The number of rotatable bonds is 5. The first-order chi connectivity index (χ1) is 8.22. The van der Waals surface area contributed by atoms with E-state index in [2.05, 4.69) is 4.72 Å². The number of anilines is 1. The van der Waals surface area contributed by atoms with Crippen LogP contribution in [0.4, 0.5) is 5.69 Å². The number of carboxylic acids is 1. The number of nitrogens with one attached hydrogen (secondary N) is 1. The summed E-state index contributed by atoms with van der Waals surface area (Å²) in [5.74, 6) is -1.22. The standard InChI is InChI=1S/C10H14N2O5S/c1-7-5-8(13)3-4-9(7)11-18(16,17)12(2)6-10(14)15/h3-5,11,13H,6H2,1-2H3,(H,14,15). The molecule has 1 rings (SSSR count). The van der Waals surface area contributed by atoms with Gasteiger partial charge in [-0.25, -0.2) is 0 Å². The Balaban J connectivity index is 2.92. The molecule has 1 aromatic carbocycles. The second-order valence-electron chi connectivity index (χ2n) is 3.76. The number of benzene rings is 1. The summed E-state index contributed by atoms with van der Waals surface area (Å²) in [4.78, 5) is 10.5. The Morgan fingerprint density at radius 3 is 2.56 bits per heavy atom. The second-order valence-corrected chi connectivity index (χ2v) is 5.53. The van der Waals surface area contributed by atoms with Crippen LogP contribution in [0.2, 0.25) is 0 Å². The SMILES string of the molecule is Cc1cc(O)ccc1NS(=O)(=O)N(C)CC(=O)O. The van der Waals surface area contributed by atoms with Crippen molar-refractivity contribution >= 4 is 21.9 Å². The number of aryl methyl sites for hydroxylation is 1. The molecule has 0 amide bonds. The fourth-order valence-corrected chi connectivity index (χ4v) is 2.20. The van der Waals surface area contributed by atoms with Crippen LogP contribution < -0.4 is 4.72 Å². The maximum Gasteiger partial charge on any atom is 0.318 e. The van der Waals surface area contributed by atoms with Gasteiger partial charge in [0.15, 0.2) is 0 Å². The first-order valence-corrected chi connectivity index (χ1v) is 6.42. The van der Waals surface area contributed by atoms with E-state index in [0.29, 0.717) is 9.87 Å². The van der Waals surface area contributed by atoms with Gasteiger partial charge in [-0.3, -0.25) is 9.52 Å². The Labute approximate surface area is 105 Å². The average molecular weight is 274 g/mol. The van der Waals surface area contributed by atoms with Gasteiger partial charge in [-0.1, -0.05) is 0 Å². The minimum absolute atomic E-state index is 0.0225. The van der Waals surface area contributed by atoms with Gasteiger partial charge >= 0.3 is 16.2 Å². The molecule has 0 radical (unpaired) electrons. The summed E-state index contributed by atoms with van der Waals surface area (Å²) < 4.78 is 26.4. The minimum Gasteiger partial charge on any atom is -0.508 e. The van der Waals surface area contributed by atoms with E-state index in [1.807, 2.05) is 0 Å². The number of nitrogens with zero attached hydrogens (tertiary/aromatic N) is 1. The zero-order chi connectivity index (χ0) is 13.9. The van der Waals surface area contributed by atoms with Gasteiger partial charge in [-0.2, -0.15) is 12.7 Å². The van der Waals surface area contributed by atoms with Gasteiger partial charge in [0.25, 0.3) is 0 Å². The lowest BCUT2D eigenvalue weighted by Gasteiger charge is -2.17. The minimum atomic E-state index is -3.92. The third kappa shape index (κ3) is 3.60. The van der Waals surface area contributed by atoms with Crippen LogP contribution in [0.25, 0.3) is 0 Å². The molecule has 1 aromatic rings. The van der Waals surface area contributed by atoms with Crippen molar-refractivity contribution in [3.63, 3.8) is 0 Å². The molecule has 0 saturated carbocycles. The topological polar surface area (TPSA) is 107 Å². The van der Waals surface area contributed by atoms with Crippen LogP contribution in [0.5, 0.6) is 5.75 Å². The first kappa shape index (κ1) is 14.3. The van der Waals surface area contributed by atoms with E-state index >= 15 is 0 Å². The largest absolute Gasteiger partial charge is 0.508 e. The summed E-state index contributed by atoms with van der Waals surface area (Å²) in [6, 6.07) is 4.13. The number of phenols is 1. The highest BCUT2D eigenvalue weighted by atomic mass is 32.2. The van der Waals surface area contributed by atoms with Gasteiger partial charge < -0.3 is 10.2 Å². The van der Waals surface area contributed by atoms with Crippen molar-refractivity contribution in [1.29, 1.82) is 0 Å². The molecule has 0 heterocycles. The Morgan fingerprint density at radius 2 is 2.06 bits per heavy atom. The summed E-state index contributed by atoms with van der Waals surface area (Å²) in [5, 5.41) is 17.7. The van der Waals surface area contributed by atoms with Crippen molar-refractivity contribution in [2.75, 3.05) is 18.3 Å². The lowest BCUT2D eigenvalue weighted by atomic mass is 10.2. The molecule has 0 fully saturated rings. The van der Waals surface area contributed by atoms with E-state index in [1.54, 1.807) is 6.92 Å². The predicted molar refractivity (Wildman–Crippen MR) is 65.7 cm³/mol. The molecular formula is C10H14N2O5S. The molecule has 0 spiro atoms. The summed E-state index contributed by atoms with van der Waals surface area (Å²) >= 11 is 0. The van der Waals surface area contributed by atoms with Crippen LogP contribution in [-0.2, 0) is 15.0 Å². The van der Waals surface area contributed by atoms with Crippen LogP contribution in [-0.4, -0.2) is 42.5 Å². The number of aromatic hydroxyl groups is 1. The Kier molecular flexibility index (Phi) is 4.15. The molecule has 7 nitrogen and oxygen atoms in total. The molecular weight excluding hydrogens is 260 g/mol. The third-order valence-corrected chi connectivity index (χ3v) is 3.64. The van der Waals surface area contributed by atoms with Gasteiger partial charge in [-0.15, -0.1) is 0 Å². The Hall–Kier alpha value is -1.80. The van der Waals surface area contributed by atoms with Crippen molar-refractivity contribution in [1.82, 2.24) is 4.31 Å². The van der Waals surface area contributed by atoms with Crippen LogP contribution in [0.1, 0.15) is 5.56 Å². The molecule has 0 bridgehead atoms. The lowest BCUT2D eigenvalue weighted by Crippen LogP contribution is -2.36. The van der Waals surface area contributed by atoms with Gasteiger partial charge in [0, 0.05) is 7.05 Å². The molecule has 0 atom stereocenters. The summed E-state index contributed by atoms with van der Waals surface area (Å²) in [6.07, 6.45) is 0. The average Bonchev–Trinajstić information content (AvgIpc) is 2.21. The smallest absolute Gasteiger partial charge is 0.318 e. The highest BCUT2D eigenvalue weighted by Crippen LogP contribution is 2.21. The van der Waals surface area contributed by atoms with Crippen molar-refractivity contribution < 1.29 is 23.4 Å². The number of likely N-dealkylation sites (N-methyl/N-ethyl adjacent to an activating group) is 1. The maximum atomic E-state index is 11.8.